The molecule has 0 aliphatic heterocycles. The summed E-state index contributed by atoms with van der Waals surface area (Å²) in [5.41, 5.74) is 1.24. The van der Waals surface area contributed by atoms with Crippen LogP contribution in [0.25, 0.3) is 0 Å². The van der Waals surface area contributed by atoms with Crippen LogP contribution in [0.1, 0.15) is 31.9 Å². The highest BCUT2D eigenvalue weighted by Gasteiger charge is 2.27. The molecular formula is C18H29F3IN3O2. The molecule has 156 valence electrons. The van der Waals surface area contributed by atoms with E-state index in [4.69, 9.17) is 9.47 Å². The fourth-order valence-corrected chi connectivity index (χ4v) is 1.98. The van der Waals surface area contributed by atoms with Crippen LogP contribution in [-0.2, 0) is 22.6 Å². The Morgan fingerprint density at radius 3 is 2.41 bits per heavy atom. The molecule has 0 spiro atoms. The summed E-state index contributed by atoms with van der Waals surface area (Å²) in [5.74, 6) is 0.649. The fraction of sp³-hybridized carbons (Fsp3) is 0.611. The third kappa shape index (κ3) is 12.1. The summed E-state index contributed by atoms with van der Waals surface area (Å²) in [6.07, 6.45) is -4.32. The molecule has 1 aromatic rings. The molecule has 0 fully saturated rings. The van der Waals surface area contributed by atoms with E-state index < -0.39 is 12.8 Å². The number of alkyl halides is 3. The SMILES string of the molecule is CCNC(=NCc1cccc(COCC(F)(F)F)c1)NCC(C)(C)OC.I. The normalized spacial score (nSPS) is 12.5. The molecule has 0 amide bonds. The van der Waals surface area contributed by atoms with E-state index in [0.717, 1.165) is 5.56 Å². The van der Waals surface area contributed by atoms with E-state index in [0.29, 0.717) is 31.2 Å². The molecule has 27 heavy (non-hydrogen) atoms. The van der Waals surface area contributed by atoms with E-state index in [2.05, 4.69) is 15.6 Å². The summed E-state index contributed by atoms with van der Waals surface area (Å²) >= 11 is 0. The average Bonchev–Trinajstić information content (AvgIpc) is 2.57. The number of halogens is 4. The standard InChI is InChI=1S/C18H28F3N3O2.HI/c1-5-22-16(24-12-17(2,3)25-4)23-10-14-7-6-8-15(9-14)11-26-13-18(19,20)21;/h6-9H,5,10-13H2,1-4H3,(H2,22,23,24);1H. The lowest BCUT2D eigenvalue weighted by atomic mass is 10.1. The van der Waals surface area contributed by atoms with Crippen molar-refractivity contribution in [1.82, 2.24) is 10.6 Å². The zero-order valence-corrected chi connectivity index (χ0v) is 18.5. The summed E-state index contributed by atoms with van der Waals surface area (Å²) in [7, 11) is 1.65. The van der Waals surface area contributed by atoms with Gasteiger partial charge in [0, 0.05) is 20.2 Å². The molecule has 0 saturated carbocycles. The number of nitrogens with zero attached hydrogens (tertiary/aromatic N) is 1. The Morgan fingerprint density at radius 1 is 1.15 bits per heavy atom. The summed E-state index contributed by atoms with van der Waals surface area (Å²) in [6, 6.07) is 7.18. The van der Waals surface area contributed by atoms with Crippen LogP contribution in [0, 0.1) is 0 Å². The maximum absolute atomic E-state index is 12.1. The molecule has 0 radical (unpaired) electrons. The number of benzene rings is 1. The zero-order valence-electron chi connectivity index (χ0n) is 16.2. The van der Waals surface area contributed by atoms with Crippen molar-refractivity contribution in [2.45, 2.75) is 45.7 Å². The molecule has 0 saturated heterocycles. The largest absolute Gasteiger partial charge is 0.411 e. The van der Waals surface area contributed by atoms with Crippen molar-refractivity contribution < 1.29 is 22.6 Å². The molecule has 1 rings (SSSR count). The van der Waals surface area contributed by atoms with Gasteiger partial charge in [0.25, 0.3) is 0 Å². The highest BCUT2D eigenvalue weighted by molar-refractivity contribution is 14.0. The third-order valence-corrected chi connectivity index (χ3v) is 3.52. The molecule has 0 unspecified atom stereocenters. The quantitative estimate of drug-likeness (QED) is 0.306. The van der Waals surface area contributed by atoms with Crippen molar-refractivity contribution in [3.63, 3.8) is 0 Å². The van der Waals surface area contributed by atoms with E-state index in [1.54, 1.807) is 25.3 Å². The lowest BCUT2D eigenvalue weighted by molar-refractivity contribution is -0.176. The van der Waals surface area contributed by atoms with Gasteiger partial charge in [-0.3, -0.25) is 0 Å². The number of methoxy groups -OCH3 is 1. The van der Waals surface area contributed by atoms with Crippen LogP contribution in [-0.4, -0.2) is 44.5 Å². The average molecular weight is 503 g/mol. The second-order valence-corrected chi connectivity index (χ2v) is 6.44. The second kappa shape index (κ2) is 12.4. The van der Waals surface area contributed by atoms with Crippen LogP contribution in [0.4, 0.5) is 13.2 Å². The number of rotatable bonds is 9. The number of aliphatic imine (C=N–C) groups is 1. The molecule has 0 atom stereocenters. The van der Waals surface area contributed by atoms with E-state index in [1.807, 2.05) is 26.8 Å². The Balaban J connectivity index is 0.00000676. The van der Waals surface area contributed by atoms with Gasteiger partial charge in [0.05, 0.1) is 18.8 Å². The molecule has 0 aliphatic carbocycles. The van der Waals surface area contributed by atoms with Crippen LogP contribution >= 0.6 is 24.0 Å². The van der Waals surface area contributed by atoms with Gasteiger partial charge in [-0.15, -0.1) is 24.0 Å². The molecule has 5 nitrogen and oxygen atoms in total. The molecule has 9 heteroatoms. The van der Waals surface area contributed by atoms with E-state index in [1.165, 1.54) is 0 Å². The van der Waals surface area contributed by atoms with Gasteiger partial charge < -0.3 is 20.1 Å². The topological polar surface area (TPSA) is 54.9 Å². The lowest BCUT2D eigenvalue weighted by Crippen LogP contribution is -2.45. The van der Waals surface area contributed by atoms with Crippen molar-refractivity contribution in [3.05, 3.63) is 35.4 Å². The maximum Gasteiger partial charge on any atom is 0.411 e. The van der Waals surface area contributed by atoms with E-state index in [9.17, 15) is 13.2 Å². The van der Waals surface area contributed by atoms with Gasteiger partial charge in [0.1, 0.15) is 6.61 Å². The molecule has 0 heterocycles. The first kappa shape index (κ1) is 25.9. The van der Waals surface area contributed by atoms with Gasteiger partial charge in [-0.05, 0) is 31.9 Å². The molecule has 2 N–H and O–H groups in total. The second-order valence-electron chi connectivity index (χ2n) is 6.44. The van der Waals surface area contributed by atoms with Crippen LogP contribution < -0.4 is 10.6 Å². The van der Waals surface area contributed by atoms with Crippen molar-refractivity contribution >= 4 is 29.9 Å². The number of hydrogen-bond acceptors (Lipinski definition) is 3. The van der Waals surface area contributed by atoms with E-state index >= 15 is 0 Å². The monoisotopic (exact) mass is 503 g/mol. The summed E-state index contributed by atoms with van der Waals surface area (Å²) < 4.78 is 46.5. The van der Waals surface area contributed by atoms with Crippen LogP contribution in [0.15, 0.2) is 29.3 Å². The highest BCUT2D eigenvalue weighted by Crippen LogP contribution is 2.16. The van der Waals surface area contributed by atoms with Gasteiger partial charge in [-0.1, -0.05) is 24.3 Å². The highest BCUT2D eigenvalue weighted by atomic mass is 127. The summed E-state index contributed by atoms with van der Waals surface area (Å²) in [4.78, 5) is 4.50. The van der Waals surface area contributed by atoms with Crippen molar-refractivity contribution in [1.29, 1.82) is 0 Å². The predicted molar refractivity (Wildman–Crippen MR) is 111 cm³/mol. The number of hydrogen-bond donors (Lipinski definition) is 2. The minimum absolute atomic E-state index is 0. The van der Waals surface area contributed by atoms with Crippen molar-refractivity contribution in [2.75, 3.05) is 26.8 Å². The molecular weight excluding hydrogens is 474 g/mol. The van der Waals surface area contributed by atoms with Crippen LogP contribution in [0.5, 0.6) is 0 Å². The molecule has 1 aromatic carbocycles. The van der Waals surface area contributed by atoms with Gasteiger partial charge in [0.2, 0.25) is 0 Å². The van der Waals surface area contributed by atoms with Crippen molar-refractivity contribution in [2.24, 2.45) is 4.99 Å². The Labute approximate surface area is 176 Å². The van der Waals surface area contributed by atoms with Gasteiger partial charge in [-0.25, -0.2) is 4.99 Å². The molecule has 0 aliphatic rings. The summed E-state index contributed by atoms with van der Waals surface area (Å²) in [6.45, 7) is 6.26. The maximum atomic E-state index is 12.1. The number of ether oxygens (including phenoxy) is 2. The summed E-state index contributed by atoms with van der Waals surface area (Å²) in [5, 5.41) is 6.36. The Bertz CT molecular complexity index is 581. The van der Waals surface area contributed by atoms with E-state index in [-0.39, 0.29) is 36.2 Å². The van der Waals surface area contributed by atoms with Crippen molar-refractivity contribution in [3.8, 4) is 0 Å². The zero-order chi connectivity index (χ0) is 19.6. The Kier molecular flexibility index (Phi) is 11.9. The minimum atomic E-state index is -4.32. The lowest BCUT2D eigenvalue weighted by Gasteiger charge is -2.24. The van der Waals surface area contributed by atoms with Gasteiger partial charge in [0.15, 0.2) is 5.96 Å². The van der Waals surface area contributed by atoms with Gasteiger partial charge >= 0.3 is 6.18 Å². The first-order valence-electron chi connectivity index (χ1n) is 8.45. The molecule has 0 aromatic heterocycles. The number of nitrogens with one attached hydrogen (secondary N) is 2. The first-order chi connectivity index (χ1) is 12.1. The van der Waals surface area contributed by atoms with Crippen LogP contribution in [0.3, 0.4) is 0 Å². The molecule has 0 bridgehead atoms. The minimum Gasteiger partial charge on any atom is -0.377 e. The smallest absolute Gasteiger partial charge is 0.377 e. The first-order valence-corrected chi connectivity index (χ1v) is 8.45. The predicted octanol–water partition coefficient (Wildman–Crippen LogP) is 3.86. The number of guanidine groups is 1. The fourth-order valence-electron chi connectivity index (χ4n) is 1.98. The van der Waals surface area contributed by atoms with Gasteiger partial charge in [-0.2, -0.15) is 13.2 Å². The van der Waals surface area contributed by atoms with Crippen LogP contribution in [0.2, 0.25) is 0 Å². The third-order valence-electron chi connectivity index (χ3n) is 3.52. The Morgan fingerprint density at radius 2 is 1.81 bits per heavy atom. The Hall–Kier alpha value is -1.07.